The molecule has 234 valence electrons. The minimum Gasteiger partial charge on any atom is -0.397 e. The number of hydrogen-bond acceptors (Lipinski definition) is 15. The maximum Gasteiger partial charge on any atom is 0.481 e. The number of primary amides is 1. The van der Waals surface area contributed by atoms with Crippen LogP contribution in [-0.2, 0) is 39.2 Å². The molecule has 2 fully saturated rings. The van der Waals surface area contributed by atoms with Crippen LogP contribution in [-0.4, -0.2) is 109 Å². The lowest BCUT2D eigenvalue weighted by Crippen LogP contribution is -2.60. The molecule has 0 aliphatic carbocycles. The molecule has 22 heteroatoms. The number of carbonyl (C=O) groups is 1. The minimum atomic E-state index is -5.56. The van der Waals surface area contributed by atoms with Crippen LogP contribution < -0.4 is 11.5 Å². The maximum absolute atomic E-state index is 15.7. The molecule has 0 radical (unpaired) electrons. The first-order chi connectivity index (χ1) is 18.9. The predicted octanol–water partition coefficient (Wildman–Crippen LogP) is -1.37. The topological polar surface area (TPSA) is 274 Å². The molecule has 12 atom stereocenters. The van der Waals surface area contributed by atoms with Crippen LogP contribution in [0.25, 0.3) is 0 Å². The number of amides is 1. The van der Waals surface area contributed by atoms with Crippen molar-refractivity contribution in [3.05, 3.63) is 28.5 Å². The number of aliphatic hydroxyl groups is 5. The third-order valence-corrected chi connectivity index (χ3v) is 10.7. The largest absolute Gasteiger partial charge is 0.481 e. The molecule has 0 aromatic carbocycles. The zero-order valence-corrected chi connectivity index (χ0v) is 24.0. The summed E-state index contributed by atoms with van der Waals surface area (Å²) in [6, 6.07) is 0. The summed E-state index contributed by atoms with van der Waals surface area (Å²) in [5, 5.41) is 50.5. The molecule has 16 nitrogen and oxygen atoms in total. The first-order valence-corrected chi connectivity index (χ1v) is 16.3. The molecule has 2 aliphatic heterocycles. The van der Waals surface area contributed by atoms with E-state index in [2.05, 4.69) is 27.2 Å². The van der Waals surface area contributed by atoms with Gasteiger partial charge in [0.15, 0.2) is 18.1 Å². The number of aliphatic hydroxyl groups excluding tert-OH is 5. The number of nitrogen functional groups attached to an aromatic ring is 1. The SMILES string of the molecule is C=C[C@@]1(F)[C@H](O)[C@@H](COP(O)(=S)OP(=O)(O)OC2OC([C@@H](F)CO)C(O)C(O)C2O)O[C@H]1c1csc(C(N)=O)c1N. The van der Waals surface area contributed by atoms with E-state index in [9.17, 15) is 44.0 Å². The molecule has 0 spiro atoms. The molecule has 3 heterocycles. The smallest absolute Gasteiger partial charge is 0.397 e. The van der Waals surface area contributed by atoms with E-state index in [4.69, 9.17) is 30.6 Å². The van der Waals surface area contributed by atoms with Gasteiger partial charge in [0, 0.05) is 5.56 Å². The maximum atomic E-state index is 15.7. The molecule has 0 saturated carbocycles. The Bertz CT molecular complexity index is 1230. The summed E-state index contributed by atoms with van der Waals surface area (Å²) in [7, 11) is -5.56. The molecule has 11 N–H and O–H groups in total. The summed E-state index contributed by atoms with van der Waals surface area (Å²) in [5.74, 6) is -0.890. The van der Waals surface area contributed by atoms with Crippen molar-refractivity contribution >= 4 is 49.3 Å². The molecule has 3 rings (SSSR count). The third kappa shape index (κ3) is 7.21. The first kappa shape index (κ1) is 34.5. The van der Waals surface area contributed by atoms with Crippen LogP contribution >= 0.6 is 25.9 Å². The van der Waals surface area contributed by atoms with E-state index in [1.54, 1.807) is 0 Å². The van der Waals surface area contributed by atoms with E-state index in [0.29, 0.717) is 0 Å². The fraction of sp³-hybridized carbons (Fsp3) is 0.632. The van der Waals surface area contributed by atoms with Gasteiger partial charge in [0.05, 0.1) is 18.9 Å². The van der Waals surface area contributed by atoms with Gasteiger partial charge in [0.25, 0.3) is 5.91 Å². The van der Waals surface area contributed by atoms with Gasteiger partial charge in [0.1, 0.15) is 47.6 Å². The van der Waals surface area contributed by atoms with Crippen molar-refractivity contribution in [2.75, 3.05) is 18.9 Å². The van der Waals surface area contributed by atoms with E-state index in [-0.39, 0.29) is 16.1 Å². The van der Waals surface area contributed by atoms with Gasteiger partial charge in [-0.25, -0.2) is 17.7 Å². The number of phosphoric ester groups is 1. The third-order valence-electron chi connectivity index (χ3n) is 6.18. The predicted molar refractivity (Wildman–Crippen MR) is 138 cm³/mol. The molecule has 2 aliphatic rings. The van der Waals surface area contributed by atoms with Crippen LogP contribution in [0.2, 0.25) is 0 Å². The highest BCUT2D eigenvalue weighted by molar-refractivity contribution is 8.08. The van der Waals surface area contributed by atoms with Gasteiger partial charge in [-0.3, -0.25) is 9.32 Å². The van der Waals surface area contributed by atoms with Crippen LogP contribution in [0.4, 0.5) is 14.5 Å². The normalized spacial score (nSPS) is 37.7. The summed E-state index contributed by atoms with van der Waals surface area (Å²) in [6.07, 6.45) is -17.6. The Morgan fingerprint density at radius 2 is 1.90 bits per heavy atom. The Hall–Kier alpha value is -1.03. The van der Waals surface area contributed by atoms with Crippen molar-refractivity contribution in [3.63, 3.8) is 0 Å². The fourth-order valence-electron chi connectivity index (χ4n) is 4.07. The number of hydrogen-bond donors (Lipinski definition) is 9. The molecular formula is C19H28F2N2O14P2S2. The quantitative estimate of drug-likeness (QED) is 0.0915. The second-order valence-electron chi connectivity index (χ2n) is 8.89. The number of anilines is 1. The second kappa shape index (κ2) is 12.9. The minimum absolute atomic E-state index is 0.0472. The van der Waals surface area contributed by atoms with Crippen molar-refractivity contribution in [3.8, 4) is 0 Å². The number of nitrogens with two attached hydrogens (primary N) is 2. The summed E-state index contributed by atoms with van der Waals surface area (Å²) >= 11 is 5.45. The van der Waals surface area contributed by atoms with Gasteiger partial charge in [-0.15, -0.1) is 11.3 Å². The number of carbonyl (C=O) groups excluding carboxylic acids is 1. The Balaban J connectivity index is 1.69. The number of thiophene rings is 1. The summed E-state index contributed by atoms with van der Waals surface area (Å²) in [6.45, 7) is -3.59. The zero-order valence-electron chi connectivity index (χ0n) is 20.6. The lowest BCUT2D eigenvalue weighted by Gasteiger charge is -2.41. The molecule has 41 heavy (non-hydrogen) atoms. The number of alkyl halides is 2. The van der Waals surface area contributed by atoms with Gasteiger partial charge >= 0.3 is 14.5 Å². The van der Waals surface area contributed by atoms with E-state index >= 15 is 4.39 Å². The van der Waals surface area contributed by atoms with Crippen LogP contribution in [0.1, 0.15) is 21.3 Å². The molecule has 1 amide bonds. The van der Waals surface area contributed by atoms with Gasteiger partial charge < -0.3 is 60.8 Å². The van der Waals surface area contributed by atoms with E-state index in [0.717, 1.165) is 17.4 Å². The zero-order chi connectivity index (χ0) is 31.1. The van der Waals surface area contributed by atoms with E-state index < -0.39 is 94.5 Å². The Morgan fingerprint density at radius 3 is 2.44 bits per heavy atom. The lowest BCUT2D eigenvalue weighted by atomic mass is 9.89. The van der Waals surface area contributed by atoms with Crippen molar-refractivity contribution < 1.29 is 76.3 Å². The highest BCUT2D eigenvalue weighted by Crippen LogP contribution is 2.62. The molecule has 0 bridgehead atoms. The fourth-order valence-corrected chi connectivity index (χ4v) is 8.03. The average molecular weight is 673 g/mol. The van der Waals surface area contributed by atoms with Crippen molar-refractivity contribution in [1.29, 1.82) is 0 Å². The Kier molecular flexibility index (Phi) is 10.9. The van der Waals surface area contributed by atoms with E-state index in [1.807, 2.05) is 0 Å². The number of phosphoric acid groups is 1. The summed E-state index contributed by atoms with van der Waals surface area (Å²) in [5.41, 5.74) is 8.15. The number of rotatable bonds is 12. The summed E-state index contributed by atoms with van der Waals surface area (Å²) in [4.78, 5) is 31.8. The average Bonchev–Trinajstić information content (AvgIpc) is 3.38. The monoisotopic (exact) mass is 672 g/mol. The highest BCUT2D eigenvalue weighted by Gasteiger charge is 2.57. The number of ether oxygens (including phenoxy) is 2. The van der Waals surface area contributed by atoms with Gasteiger partial charge in [-0.2, -0.15) is 0 Å². The van der Waals surface area contributed by atoms with Crippen LogP contribution in [0.3, 0.4) is 0 Å². The standard InChI is InChI=1S/C19H28F2N2O14P2S2/c1-2-19(21)15(28)8(34-16(19)6-5-41-14(9(6)22)17(23)29)4-33-39(32,40)37-38(30,31)36-18-12(27)10(25)11(26)13(35-18)7(20)3-24/h2,5,7-8,10-13,15-16,18,24-28H,1,3-4,22H2,(H2,23,29)(H,30,31)(H,32,40)/t7-,8+,10?,11?,12?,13?,15+,16-,18?,19+,39?/m0/s1. The van der Waals surface area contributed by atoms with Crippen LogP contribution in [0.5, 0.6) is 0 Å². The van der Waals surface area contributed by atoms with Crippen LogP contribution in [0.15, 0.2) is 18.0 Å². The molecular weight excluding hydrogens is 644 g/mol. The van der Waals surface area contributed by atoms with Crippen molar-refractivity contribution in [2.45, 2.75) is 60.9 Å². The Labute approximate surface area is 239 Å². The second-order valence-corrected chi connectivity index (χ2v) is 14.1. The molecule has 7 unspecified atom stereocenters. The molecule has 1 aromatic heterocycles. The molecule has 1 aromatic rings. The Morgan fingerprint density at radius 1 is 1.27 bits per heavy atom. The first-order valence-electron chi connectivity index (χ1n) is 11.4. The van der Waals surface area contributed by atoms with Gasteiger partial charge in [-0.1, -0.05) is 6.58 Å². The van der Waals surface area contributed by atoms with Crippen molar-refractivity contribution in [1.82, 2.24) is 0 Å². The van der Waals surface area contributed by atoms with Gasteiger partial charge in [-0.05, 0) is 23.3 Å². The number of halogens is 2. The highest BCUT2D eigenvalue weighted by atomic mass is 32.5. The summed E-state index contributed by atoms with van der Waals surface area (Å²) < 4.78 is 66.3. The molecule has 2 saturated heterocycles. The van der Waals surface area contributed by atoms with Crippen LogP contribution in [0, 0.1) is 0 Å². The van der Waals surface area contributed by atoms with E-state index in [1.165, 1.54) is 5.38 Å². The van der Waals surface area contributed by atoms with Crippen molar-refractivity contribution in [2.24, 2.45) is 5.73 Å². The lowest BCUT2D eigenvalue weighted by molar-refractivity contribution is -0.287. The van der Waals surface area contributed by atoms with Gasteiger partial charge in [0.2, 0.25) is 0 Å².